The lowest BCUT2D eigenvalue weighted by atomic mass is 10.1. The quantitative estimate of drug-likeness (QED) is 0.483. The number of allylic oxidation sites excluding steroid dienone is 8. The summed E-state index contributed by atoms with van der Waals surface area (Å²) in [6.45, 7) is 8.35. The van der Waals surface area contributed by atoms with Gasteiger partial charge in [-0.3, -0.25) is 9.97 Å². The Labute approximate surface area is 182 Å². The van der Waals surface area contributed by atoms with Gasteiger partial charge in [0.2, 0.25) is 0 Å². The molecule has 0 radical (unpaired) electrons. The first-order valence-corrected chi connectivity index (χ1v) is 8.88. The predicted molar refractivity (Wildman–Crippen MR) is 132 cm³/mol. The van der Waals surface area contributed by atoms with Gasteiger partial charge in [-0.15, -0.1) is 0 Å². The summed E-state index contributed by atoms with van der Waals surface area (Å²) in [4.78, 5) is 8.11. The first-order valence-electron chi connectivity index (χ1n) is 9.88. The van der Waals surface area contributed by atoms with Crippen LogP contribution >= 0.6 is 0 Å². The van der Waals surface area contributed by atoms with Crippen LogP contribution in [0.15, 0.2) is 89.8 Å². The summed E-state index contributed by atoms with van der Waals surface area (Å²) in [7, 11) is 0. The molecular formula is C27H40N2. The van der Waals surface area contributed by atoms with Crippen LogP contribution < -0.4 is 0 Å². The molecule has 0 aromatic carbocycles. The van der Waals surface area contributed by atoms with E-state index in [2.05, 4.69) is 55.0 Å². The maximum atomic E-state index is 7.32. The maximum absolute atomic E-state index is 7.32. The molecule has 0 N–H and O–H groups in total. The monoisotopic (exact) mass is 396 g/mol. The van der Waals surface area contributed by atoms with Crippen LogP contribution in [0.5, 0.6) is 0 Å². The lowest BCUT2D eigenvalue weighted by Gasteiger charge is -2.00. The average Bonchev–Trinajstić information content (AvgIpc) is 3.27. The van der Waals surface area contributed by atoms with Gasteiger partial charge in [0.15, 0.2) is 0 Å². The van der Waals surface area contributed by atoms with Crippen molar-refractivity contribution in [2.45, 2.75) is 62.8 Å². The Balaban J connectivity index is 0. The molecule has 0 saturated heterocycles. The lowest BCUT2D eigenvalue weighted by molar-refractivity contribution is 1.20. The minimum atomic E-state index is 0. The summed E-state index contributed by atoms with van der Waals surface area (Å²) in [5, 5.41) is 0. The molecule has 2 heterocycles. The van der Waals surface area contributed by atoms with Crippen molar-refractivity contribution in [2.75, 3.05) is 0 Å². The Bertz CT molecular complexity index is 882. The molecule has 2 aliphatic rings. The zero-order valence-corrected chi connectivity index (χ0v) is 16.1. The highest BCUT2D eigenvalue weighted by Crippen LogP contribution is 2.25. The molecule has 4 rings (SSSR count). The molecule has 0 bridgehead atoms. The van der Waals surface area contributed by atoms with Crippen molar-refractivity contribution < 1.29 is 2.74 Å². The number of hydrogen-bond acceptors (Lipinski definition) is 2. The minimum Gasteiger partial charge on any atom is -0.262 e. The van der Waals surface area contributed by atoms with Crippen LogP contribution in [-0.2, 0) is 0 Å². The van der Waals surface area contributed by atoms with Crippen LogP contribution in [0.4, 0.5) is 0 Å². The second kappa shape index (κ2) is 15.2. The van der Waals surface area contributed by atoms with Crippen LogP contribution in [0.1, 0.15) is 70.0 Å². The highest BCUT2D eigenvalue weighted by molar-refractivity contribution is 5.76. The number of nitrogens with zero attached hydrogens (tertiary/aromatic N) is 2. The number of pyridine rings is 2. The Morgan fingerprint density at radius 2 is 1.34 bits per heavy atom. The van der Waals surface area contributed by atoms with Gasteiger partial charge in [-0.2, -0.15) is 0 Å². The predicted octanol–water partition coefficient (Wildman–Crippen LogP) is 8.40. The van der Waals surface area contributed by atoms with Gasteiger partial charge < -0.3 is 0 Å². The Morgan fingerprint density at radius 3 is 1.69 bits per heavy atom. The Morgan fingerprint density at radius 1 is 0.759 bits per heavy atom. The van der Waals surface area contributed by atoms with E-state index in [4.69, 9.17) is 2.74 Å². The molecular weight excluding hydrogens is 352 g/mol. The van der Waals surface area contributed by atoms with Gasteiger partial charge in [-0.05, 0) is 70.3 Å². The van der Waals surface area contributed by atoms with Crippen molar-refractivity contribution >= 4 is 5.57 Å². The van der Waals surface area contributed by atoms with Gasteiger partial charge in [0.05, 0.1) is 8.44 Å². The standard InChI is InChI=1S/C11H11N.C7H10.C6H7N.3CH4/c1-9-5-4-6-10(9)11-7-2-3-8-12-11;1-6-4-3-5-7(6)2;1-6-4-2-3-5-7-6;;;/h2-4,6-8H,5H2,1H3;3-4H,5H2,1-2H3;2-5H,1H3;3*1H4/i3T;;3T;;;. The maximum Gasteiger partial charge on any atom is 0.0701 e. The fraction of sp³-hybridized carbons (Fsp3) is 0.333. The summed E-state index contributed by atoms with van der Waals surface area (Å²) >= 11 is 0. The molecule has 158 valence electrons. The molecule has 0 spiro atoms. The SMILES string of the molecule is C.C.C.CC1=C(C)CC=C1.[3H]c1ccc(C)nc1.[3H]c1ccc(C2=C(C)CC=C2)nc1. The Hall–Kier alpha value is -2.74. The van der Waals surface area contributed by atoms with E-state index in [1.54, 1.807) is 18.3 Å². The highest BCUT2D eigenvalue weighted by Gasteiger charge is 2.06. The largest absolute Gasteiger partial charge is 0.262 e. The van der Waals surface area contributed by atoms with E-state index < -0.39 is 0 Å². The minimum absolute atomic E-state index is 0. The molecule has 0 aliphatic heterocycles. The van der Waals surface area contributed by atoms with E-state index in [-0.39, 0.29) is 22.3 Å². The van der Waals surface area contributed by atoms with Gasteiger partial charge in [-0.25, -0.2) is 0 Å². The summed E-state index contributed by atoms with van der Waals surface area (Å²) in [5.74, 6) is 0. The highest BCUT2D eigenvalue weighted by atomic mass is 14.7. The zero-order valence-electron chi connectivity index (χ0n) is 18.1. The van der Waals surface area contributed by atoms with Gasteiger partial charge in [-0.1, -0.05) is 75.4 Å². The number of rotatable bonds is 1. The van der Waals surface area contributed by atoms with Crippen LogP contribution in [-0.4, -0.2) is 9.97 Å². The molecule has 2 nitrogen and oxygen atoms in total. The normalized spacial score (nSPS) is 14.2. The molecule has 2 heteroatoms. The average molecular weight is 397 g/mol. The third-order valence-corrected chi connectivity index (χ3v) is 4.29. The fourth-order valence-corrected chi connectivity index (χ4v) is 2.50. The third-order valence-electron chi connectivity index (χ3n) is 4.29. The fourth-order valence-electron chi connectivity index (χ4n) is 2.50. The summed E-state index contributed by atoms with van der Waals surface area (Å²) < 4.78 is 14.3. The second-order valence-corrected chi connectivity index (χ2v) is 6.41. The van der Waals surface area contributed by atoms with Crippen molar-refractivity contribution in [2.24, 2.45) is 0 Å². The molecule has 29 heavy (non-hydrogen) atoms. The molecule has 0 fully saturated rings. The molecule has 0 amide bonds. The molecule has 0 unspecified atom stereocenters. The molecule has 2 aromatic heterocycles. The van der Waals surface area contributed by atoms with Crippen molar-refractivity contribution in [3.05, 3.63) is 101 Å². The van der Waals surface area contributed by atoms with Crippen molar-refractivity contribution in [1.29, 1.82) is 0 Å². The first kappa shape index (κ1) is 24.3. The van der Waals surface area contributed by atoms with E-state index in [0.717, 1.165) is 17.8 Å². The molecule has 0 saturated carbocycles. The van der Waals surface area contributed by atoms with Crippen LogP contribution in [0.25, 0.3) is 5.57 Å². The number of aromatic nitrogens is 2. The van der Waals surface area contributed by atoms with E-state index >= 15 is 0 Å². The smallest absolute Gasteiger partial charge is 0.0701 e. The van der Waals surface area contributed by atoms with Gasteiger partial charge >= 0.3 is 0 Å². The summed E-state index contributed by atoms with van der Waals surface area (Å²) in [6, 6.07) is 8.15. The number of hydrogen-bond donors (Lipinski definition) is 0. The lowest BCUT2D eigenvalue weighted by Crippen LogP contribution is -1.85. The Kier molecular flexibility index (Phi) is 12.7. The van der Waals surface area contributed by atoms with E-state index in [1.807, 2.05) is 19.1 Å². The van der Waals surface area contributed by atoms with Crippen molar-refractivity contribution in [3.8, 4) is 0 Å². The second-order valence-electron chi connectivity index (χ2n) is 6.41. The molecule has 2 aliphatic carbocycles. The zero-order chi connectivity index (χ0) is 20.5. The first-order chi connectivity index (χ1) is 13.4. The third kappa shape index (κ3) is 9.84. The number of aryl methyl sites for hydroxylation is 1. The van der Waals surface area contributed by atoms with E-state index in [1.165, 1.54) is 34.9 Å². The summed E-state index contributed by atoms with van der Waals surface area (Å²) in [5.41, 5.74) is 7.45. The van der Waals surface area contributed by atoms with Gasteiger partial charge in [0, 0.05) is 18.1 Å². The van der Waals surface area contributed by atoms with Crippen LogP contribution in [0, 0.1) is 6.92 Å². The van der Waals surface area contributed by atoms with Gasteiger partial charge in [0.25, 0.3) is 0 Å². The van der Waals surface area contributed by atoms with Crippen LogP contribution in [0.3, 0.4) is 0 Å². The van der Waals surface area contributed by atoms with Crippen molar-refractivity contribution in [1.82, 2.24) is 9.97 Å². The topological polar surface area (TPSA) is 25.8 Å². The molecule has 2 aromatic rings. The van der Waals surface area contributed by atoms with E-state index in [0.29, 0.717) is 12.1 Å². The van der Waals surface area contributed by atoms with Crippen LogP contribution in [0.2, 0.25) is 0 Å². The van der Waals surface area contributed by atoms with E-state index in [9.17, 15) is 0 Å². The van der Waals surface area contributed by atoms with Crippen molar-refractivity contribution in [3.63, 3.8) is 0 Å². The summed E-state index contributed by atoms with van der Waals surface area (Å²) in [6.07, 6.45) is 13.9. The van der Waals surface area contributed by atoms with Gasteiger partial charge in [0.1, 0.15) is 0 Å². The molecule has 0 atom stereocenters.